The number of ether oxygens (including phenoxy) is 2. The smallest absolute Gasteiger partial charge is 0.343 e. The number of esters is 1. The van der Waals surface area contributed by atoms with Gasteiger partial charge in [-0.25, -0.2) is 9.18 Å². The average Bonchev–Trinajstić information content (AvgIpc) is 2.78. The van der Waals surface area contributed by atoms with Crippen molar-refractivity contribution in [3.8, 4) is 17.6 Å². The van der Waals surface area contributed by atoms with Crippen LogP contribution in [-0.2, 0) is 0 Å². The molecule has 3 aromatic rings. The van der Waals surface area contributed by atoms with Crippen LogP contribution in [0.2, 0.25) is 0 Å². The zero-order valence-corrected chi connectivity index (χ0v) is 16.2. The zero-order valence-electron chi connectivity index (χ0n) is 16.2. The molecule has 0 unspecified atom stereocenters. The summed E-state index contributed by atoms with van der Waals surface area (Å²) in [6.45, 7) is 0. The van der Waals surface area contributed by atoms with E-state index in [0.29, 0.717) is 11.1 Å². The molecule has 3 aromatic carbocycles. The van der Waals surface area contributed by atoms with Gasteiger partial charge in [-0.1, -0.05) is 6.07 Å². The summed E-state index contributed by atoms with van der Waals surface area (Å²) in [4.78, 5) is 22.5. The number of allylic oxidation sites excluding steroid dienone is 1. The van der Waals surface area contributed by atoms with E-state index < -0.39 is 16.7 Å². The molecule has 0 aromatic heterocycles. The highest BCUT2D eigenvalue weighted by Crippen LogP contribution is 2.31. The van der Waals surface area contributed by atoms with Crippen LogP contribution in [0.1, 0.15) is 21.5 Å². The molecule has 8 heteroatoms. The predicted molar refractivity (Wildman–Crippen MR) is 111 cm³/mol. The van der Waals surface area contributed by atoms with Crippen molar-refractivity contribution in [2.45, 2.75) is 0 Å². The summed E-state index contributed by atoms with van der Waals surface area (Å²) >= 11 is 0. The third kappa shape index (κ3) is 5.10. The largest absolute Gasteiger partial charge is 0.493 e. The number of carbonyl (C=O) groups is 1. The number of nitrogens with zero attached hydrogens (tertiary/aromatic N) is 2. The van der Waals surface area contributed by atoms with Gasteiger partial charge in [-0.2, -0.15) is 5.26 Å². The first-order valence-electron chi connectivity index (χ1n) is 8.93. The van der Waals surface area contributed by atoms with Gasteiger partial charge >= 0.3 is 5.97 Å². The number of benzene rings is 3. The van der Waals surface area contributed by atoms with Crippen LogP contribution in [0, 0.1) is 27.3 Å². The SMILES string of the molecule is COc1cc(C=C(C#N)c2ccc([N+](=O)[O-])cc2)ccc1OC(=O)c1ccc(F)cc1. The molecule has 0 aliphatic carbocycles. The first-order valence-corrected chi connectivity index (χ1v) is 8.93. The van der Waals surface area contributed by atoms with Crippen LogP contribution >= 0.6 is 0 Å². The second-order valence-corrected chi connectivity index (χ2v) is 6.28. The number of hydrogen-bond donors (Lipinski definition) is 0. The van der Waals surface area contributed by atoms with Crippen LogP contribution in [0.5, 0.6) is 11.5 Å². The molecular formula is C23H15FN2O5. The number of non-ortho nitro benzene ring substituents is 1. The summed E-state index contributed by atoms with van der Waals surface area (Å²) in [7, 11) is 1.40. The lowest BCUT2D eigenvalue weighted by atomic mass is 10.0. The predicted octanol–water partition coefficient (Wildman–Crippen LogP) is 5.03. The summed E-state index contributed by atoms with van der Waals surface area (Å²) in [5.41, 5.74) is 1.49. The molecule has 0 amide bonds. The standard InChI is InChI=1S/C23H15FN2O5/c1-30-22-13-15(12-18(14-25)16-5-9-20(10-6-16)26(28)29)2-11-21(22)31-23(27)17-3-7-19(24)8-4-17/h2-13H,1H3. The van der Waals surface area contributed by atoms with Crippen molar-refractivity contribution in [1.29, 1.82) is 5.26 Å². The maximum Gasteiger partial charge on any atom is 0.343 e. The molecule has 0 bridgehead atoms. The monoisotopic (exact) mass is 418 g/mol. The molecule has 0 aliphatic heterocycles. The minimum absolute atomic E-state index is 0.0740. The van der Waals surface area contributed by atoms with Gasteiger partial charge in [-0.15, -0.1) is 0 Å². The van der Waals surface area contributed by atoms with Crippen molar-refractivity contribution < 1.29 is 23.6 Å². The van der Waals surface area contributed by atoms with Crippen LogP contribution in [-0.4, -0.2) is 18.0 Å². The van der Waals surface area contributed by atoms with Crippen molar-refractivity contribution in [3.05, 3.63) is 99.4 Å². The zero-order chi connectivity index (χ0) is 22.4. The van der Waals surface area contributed by atoms with Crippen molar-refractivity contribution >= 4 is 23.3 Å². The third-order valence-corrected chi connectivity index (χ3v) is 4.29. The summed E-state index contributed by atoms with van der Waals surface area (Å²) in [5.74, 6) is -0.732. The van der Waals surface area contributed by atoms with Crippen LogP contribution in [0.25, 0.3) is 11.6 Å². The van der Waals surface area contributed by atoms with E-state index in [-0.39, 0.29) is 28.3 Å². The van der Waals surface area contributed by atoms with Crippen molar-refractivity contribution in [2.24, 2.45) is 0 Å². The average molecular weight is 418 g/mol. The number of rotatable bonds is 6. The van der Waals surface area contributed by atoms with Gasteiger partial charge in [-0.3, -0.25) is 10.1 Å². The van der Waals surface area contributed by atoms with Crippen molar-refractivity contribution in [2.75, 3.05) is 7.11 Å². The van der Waals surface area contributed by atoms with Gasteiger partial charge in [0.25, 0.3) is 5.69 Å². The lowest BCUT2D eigenvalue weighted by molar-refractivity contribution is -0.384. The lowest BCUT2D eigenvalue weighted by Gasteiger charge is -2.10. The maximum absolute atomic E-state index is 13.0. The molecule has 0 saturated heterocycles. The normalized spacial score (nSPS) is 10.8. The molecular weight excluding hydrogens is 403 g/mol. The third-order valence-electron chi connectivity index (χ3n) is 4.29. The molecule has 0 fully saturated rings. The van der Waals surface area contributed by atoms with E-state index in [1.54, 1.807) is 18.2 Å². The van der Waals surface area contributed by atoms with E-state index in [1.807, 2.05) is 0 Å². The summed E-state index contributed by atoms with van der Waals surface area (Å²) in [6.07, 6.45) is 1.58. The molecule has 0 atom stereocenters. The highest BCUT2D eigenvalue weighted by Gasteiger charge is 2.13. The highest BCUT2D eigenvalue weighted by molar-refractivity contribution is 5.92. The molecule has 0 radical (unpaired) electrons. The van der Waals surface area contributed by atoms with Crippen molar-refractivity contribution in [1.82, 2.24) is 0 Å². The van der Waals surface area contributed by atoms with Crippen LogP contribution in [0.15, 0.2) is 66.7 Å². The quantitative estimate of drug-likeness (QED) is 0.139. The summed E-state index contributed by atoms with van der Waals surface area (Å²) < 4.78 is 23.6. The highest BCUT2D eigenvalue weighted by atomic mass is 19.1. The van der Waals surface area contributed by atoms with Gasteiger partial charge in [-0.05, 0) is 65.7 Å². The van der Waals surface area contributed by atoms with E-state index in [9.17, 15) is 24.6 Å². The van der Waals surface area contributed by atoms with E-state index in [0.717, 1.165) is 12.1 Å². The molecule has 3 rings (SSSR count). The second-order valence-electron chi connectivity index (χ2n) is 6.28. The number of nitro benzene ring substituents is 1. The fourth-order valence-electron chi connectivity index (χ4n) is 2.71. The Morgan fingerprint density at radius 3 is 2.26 bits per heavy atom. The minimum atomic E-state index is -0.676. The van der Waals surface area contributed by atoms with Crippen LogP contribution in [0.4, 0.5) is 10.1 Å². The summed E-state index contributed by atoms with van der Waals surface area (Å²) in [6, 6.07) is 17.3. The van der Waals surface area contributed by atoms with E-state index in [4.69, 9.17) is 9.47 Å². The van der Waals surface area contributed by atoms with Crippen LogP contribution in [0.3, 0.4) is 0 Å². The molecule has 0 spiro atoms. The Morgan fingerprint density at radius 1 is 1.03 bits per heavy atom. The molecule has 0 aliphatic rings. The Labute approximate surface area is 176 Å². The first kappa shape index (κ1) is 21.2. The van der Waals surface area contributed by atoms with Gasteiger partial charge in [0.1, 0.15) is 5.82 Å². The fourth-order valence-corrected chi connectivity index (χ4v) is 2.71. The molecule has 0 saturated carbocycles. The fraction of sp³-hybridized carbons (Fsp3) is 0.0435. The van der Waals surface area contributed by atoms with Gasteiger partial charge in [0.15, 0.2) is 11.5 Å². The minimum Gasteiger partial charge on any atom is -0.493 e. The Balaban J connectivity index is 1.85. The van der Waals surface area contributed by atoms with Gasteiger partial charge in [0.05, 0.1) is 29.2 Å². The topological polar surface area (TPSA) is 102 Å². The number of hydrogen-bond acceptors (Lipinski definition) is 6. The van der Waals surface area contributed by atoms with E-state index in [2.05, 4.69) is 6.07 Å². The Morgan fingerprint density at radius 2 is 1.68 bits per heavy atom. The molecule has 31 heavy (non-hydrogen) atoms. The van der Waals surface area contributed by atoms with Gasteiger partial charge in [0.2, 0.25) is 0 Å². The second kappa shape index (κ2) is 9.33. The lowest BCUT2D eigenvalue weighted by Crippen LogP contribution is -2.09. The Kier molecular flexibility index (Phi) is 6.38. The maximum atomic E-state index is 13.0. The Hall–Kier alpha value is -4.51. The molecule has 0 heterocycles. The number of nitro groups is 1. The van der Waals surface area contributed by atoms with Gasteiger partial charge in [0, 0.05) is 12.1 Å². The van der Waals surface area contributed by atoms with Crippen molar-refractivity contribution in [3.63, 3.8) is 0 Å². The van der Waals surface area contributed by atoms with E-state index in [1.165, 1.54) is 49.6 Å². The number of nitriles is 1. The summed E-state index contributed by atoms with van der Waals surface area (Å²) in [5, 5.41) is 20.3. The Bertz CT molecular complexity index is 1200. The number of carbonyl (C=O) groups excluding carboxylic acids is 1. The van der Waals surface area contributed by atoms with Gasteiger partial charge < -0.3 is 9.47 Å². The number of halogens is 1. The molecule has 7 nitrogen and oxygen atoms in total. The number of methoxy groups -OCH3 is 1. The van der Waals surface area contributed by atoms with E-state index >= 15 is 0 Å². The molecule has 0 N–H and O–H groups in total. The molecule has 154 valence electrons. The first-order chi connectivity index (χ1) is 14.9. The van der Waals surface area contributed by atoms with Crippen LogP contribution < -0.4 is 9.47 Å².